The molecule has 1 aliphatic rings. The fourth-order valence-electron chi connectivity index (χ4n) is 3.71. The molecule has 6 nitrogen and oxygen atoms in total. The van der Waals surface area contributed by atoms with Crippen molar-refractivity contribution in [1.29, 1.82) is 5.26 Å². The highest BCUT2D eigenvalue weighted by Crippen LogP contribution is 2.16. The molecule has 0 amide bonds. The van der Waals surface area contributed by atoms with Crippen LogP contribution in [0.15, 0.2) is 59.6 Å². The lowest BCUT2D eigenvalue weighted by Crippen LogP contribution is -2.38. The highest BCUT2D eigenvalue weighted by Gasteiger charge is 2.19. The van der Waals surface area contributed by atoms with Gasteiger partial charge in [-0.05, 0) is 42.5 Å². The Labute approximate surface area is 209 Å². The fourth-order valence-corrected chi connectivity index (χ4v) is 3.71. The SMILES string of the molecule is CN=C(NCCCOC1CCN(Cc2ccccc2)CC1)NCc1ccc(C#N)cc1.I. The maximum Gasteiger partial charge on any atom is 0.191 e. The topological polar surface area (TPSA) is 72.7 Å². The molecule has 0 spiro atoms. The van der Waals surface area contributed by atoms with Gasteiger partial charge >= 0.3 is 0 Å². The second kappa shape index (κ2) is 14.8. The van der Waals surface area contributed by atoms with E-state index in [1.165, 1.54) is 5.56 Å². The van der Waals surface area contributed by atoms with Gasteiger partial charge in [0.05, 0.1) is 17.7 Å². The average molecular weight is 547 g/mol. The van der Waals surface area contributed by atoms with Gasteiger partial charge in [-0.1, -0.05) is 42.5 Å². The summed E-state index contributed by atoms with van der Waals surface area (Å²) in [5, 5.41) is 15.5. The first-order chi connectivity index (χ1) is 15.3. The van der Waals surface area contributed by atoms with Crippen molar-refractivity contribution in [2.75, 3.05) is 33.3 Å². The minimum Gasteiger partial charge on any atom is -0.378 e. The van der Waals surface area contributed by atoms with Crippen LogP contribution in [-0.2, 0) is 17.8 Å². The predicted octanol–water partition coefficient (Wildman–Crippen LogP) is 3.91. The molecule has 3 rings (SSSR count). The quantitative estimate of drug-likeness (QED) is 0.216. The fraction of sp³-hybridized carbons (Fsp3) is 0.440. The monoisotopic (exact) mass is 547 g/mol. The number of benzene rings is 2. The molecule has 1 saturated heterocycles. The summed E-state index contributed by atoms with van der Waals surface area (Å²) in [7, 11) is 1.77. The molecule has 32 heavy (non-hydrogen) atoms. The molecule has 0 radical (unpaired) electrons. The molecular formula is C25H34IN5O. The van der Waals surface area contributed by atoms with Crippen molar-refractivity contribution >= 4 is 29.9 Å². The molecule has 2 N–H and O–H groups in total. The second-order valence-electron chi connectivity index (χ2n) is 7.85. The van der Waals surface area contributed by atoms with Crippen LogP contribution in [-0.4, -0.2) is 50.3 Å². The van der Waals surface area contributed by atoms with E-state index < -0.39 is 0 Å². The van der Waals surface area contributed by atoms with E-state index in [0.29, 0.717) is 18.2 Å². The maximum atomic E-state index is 8.87. The lowest BCUT2D eigenvalue weighted by atomic mass is 10.1. The van der Waals surface area contributed by atoms with Crippen LogP contribution >= 0.6 is 24.0 Å². The Morgan fingerprint density at radius 2 is 1.78 bits per heavy atom. The van der Waals surface area contributed by atoms with Crippen molar-refractivity contribution in [1.82, 2.24) is 15.5 Å². The van der Waals surface area contributed by atoms with Gasteiger partial charge in [0.25, 0.3) is 0 Å². The summed E-state index contributed by atoms with van der Waals surface area (Å²) >= 11 is 0. The Morgan fingerprint density at radius 3 is 2.44 bits per heavy atom. The zero-order valence-electron chi connectivity index (χ0n) is 18.8. The number of piperidine rings is 1. The van der Waals surface area contributed by atoms with E-state index in [1.54, 1.807) is 7.05 Å². The van der Waals surface area contributed by atoms with E-state index in [-0.39, 0.29) is 24.0 Å². The van der Waals surface area contributed by atoms with Crippen LogP contribution in [0.4, 0.5) is 0 Å². The van der Waals surface area contributed by atoms with E-state index in [1.807, 2.05) is 24.3 Å². The Kier molecular flexibility index (Phi) is 12.1. The average Bonchev–Trinajstić information content (AvgIpc) is 2.83. The number of likely N-dealkylation sites (tertiary alicyclic amines) is 1. The predicted molar refractivity (Wildman–Crippen MR) is 140 cm³/mol. The number of nitriles is 1. The Balaban J connectivity index is 0.00000363. The van der Waals surface area contributed by atoms with Crippen LogP contribution < -0.4 is 10.6 Å². The van der Waals surface area contributed by atoms with E-state index in [4.69, 9.17) is 10.00 Å². The zero-order chi connectivity index (χ0) is 21.7. The minimum atomic E-state index is 0. The van der Waals surface area contributed by atoms with Gasteiger partial charge in [0.2, 0.25) is 0 Å². The first-order valence-corrected chi connectivity index (χ1v) is 11.1. The van der Waals surface area contributed by atoms with Crippen molar-refractivity contribution in [2.24, 2.45) is 4.99 Å². The van der Waals surface area contributed by atoms with Gasteiger partial charge in [0.1, 0.15) is 0 Å². The summed E-state index contributed by atoms with van der Waals surface area (Å²) in [5.74, 6) is 0.776. The number of guanidine groups is 1. The molecule has 0 bridgehead atoms. The number of ether oxygens (including phenoxy) is 1. The molecule has 2 aromatic rings. The number of nitrogens with zero attached hydrogens (tertiary/aromatic N) is 3. The highest BCUT2D eigenvalue weighted by molar-refractivity contribution is 14.0. The normalized spacial score (nSPS) is 14.9. The van der Waals surface area contributed by atoms with Gasteiger partial charge in [-0.25, -0.2) is 0 Å². The Bertz CT molecular complexity index is 843. The summed E-state index contributed by atoms with van der Waals surface area (Å²) in [6.07, 6.45) is 3.53. The summed E-state index contributed by atoms with van der Waals surface area (Å²) in [5.41, 5.74) is 3.17. The van der Waals surface area contributed by atoms with Crippen molar-refractivity contribution in [2.45, 2.75) is 38.5 Å². The largest absolute Gasteiger partial charge is 0.378 e. The van der Waals surface area contributed by atoms with Crippen LogP contribution in [0.3, 0.4) is 0 Å². The Hall–Kier alpha value is -2.15. The summed E-state index contributed by atoms with van der Waals surface area (Å²) < 4.78 is 6.09. The van der Waals surface area contributed by atoms with Gasteiger partial charge in [-0.15, -0.1) is 24.0 Å². The number of aliphatic imine (C=N–C) groups is 1. The van der Waals surface area contributed by atoms with E-state index in [9.17, 15) is 0 Å². The number of halogens is 1. The van der Waals surface area contributed by atoms with Crippen molar-refractivity contribution < 1.29 is 4.74 Å². The van der Waals surface area contributed by atoms with E-state index in [0.717, 1.165) is 63.6 Å². The lowest BCUT2D eigenvalue weighted by Gasteiger charge is -2.32. The van der Waals surface area contributed by atoms with Crippen LogP contribution in [0.1, 0.15) is 36.0 Å². The smallest absolute Gasteiger partial charge is 0.191 e. The zero-order valence-corrected chi connectivity index (χ0v) is 21.1. The molecule has 7 heteroatoms. The van der Waals surface area contributed by atoms with Crippen molar-refractivity contribution in [3.05, 3.63) is 71.3 Å². The standard InChI is InChI=1S/C25H33N5O.HI/c1-27-25(29-19-22-10-8-21(18-26)9-11-22)28-14-5-17-31-24-12-15-30(16-13-24)20-23-6-3-2-4-7-23;/h2-4,6-11,24H,5,12-17,19-20H2,1H3,(H2,27,28,29);1H. The molecule has 0 atom stereocenters. The molecule has 0 aliphatic carbocycles. The van der Waals surface area contributed by atoms with Crippen molar-refractivity contribution in [3.63, 3.8) is 0 Å². The number of hydrogen-bond acceptors (Lipinski definition) is 4. The van der Waals surface area contributed by atoms with Crippen molar-refractivity contribution in [3.8, 4) is 6.07 Å². The summed E-state index contributed by atoms with van der Waals surface area (Å²) in [6, 6.07) is 20.4. The van der Waals surface area contributed by atoms with E-state index in [2.05, 4.69) is 56.9 Å². The molecule has 0 saturated carbocycles. The molecule has 0 unspecified atom stereocenters. The first kappa shape index (κ1) is 26.1. The molecule has 1 heterocycles. The molecule has 0 aromatic heterocycles. The summed E-state index contributed by atoms with van der Waals surface area (Å²) in [6.45, 7) is 5.49. The summed E-state index contributed by atoms with van der Waals surface area (Å²) in [4.78, 5) is 6.78. The van der Waals surface area contributed by atoms with Crippen LogP contribution in [0.5, 0.6) is 0 Å². The third-order valence-corrected chi connectivity index (χ3v) is 5.52. The van der Waals surface area contributed by atoms with Crippen LogP contribution in [0, 0.1) is 11.3 Å². The molecule has 1 aliphatic heterocycles. The third-order valence-electron chi connectivity index (χ3n) is 5.52. The van der Waals surface area contributed by atoms with Gasteiger partial charge < -0.3 is 15.4 Å². The first-order valence-electron chi connectivity index (χ1n) is 11.1. The molecule has 1 fully saturated rings. The second-order valence-corrected chi connectivity index (χ2v) is 7.85. The number of nitrogens with one attached hydrogen (secondary N) is 2. The molecule has 172 valence electrons. The highest BCUT2D eigenvalue weighted by atomic mass is 127. The van der Waals surface area contributed by atoms with Gasteiger partial charge in [0, 0.05) is 46.4 Å². The number of hydrogen-bond donors (Lipinski definition) is 2. The third kappa shape index (κ3) is 9.15. The molecular weight excluding hydrogens is 513 g/mol. The van der Waals surface area contributed by atoms with Gasteiger partial charge in [-0.3, -0.25) is 9.89 Å². The minimum absolute atomic E-state index is 0. The number of rotatable bonds is 9. The van der Waals surface area contributed by atoms with Gasteiger partial charge in [0.15, 0.2) is 5.96 Å². The molecule has 2 aromatic carbocycles. The van der Waals surface area contributed by atoms with E-state index >= 15 is 0 Å². The van der Waals surface area contributed by atoms with Gasteiger partial charge in [-0.2, -0.15) is 5.26 Å². The maximum absolute atomic E-state index is 8.87. The van der Waals surface area contributed by atoms with Crippen LogP contribution in [0.25, 0.3) is 0 Å². The Morgan fingerprint density at radius 1 is 1.06 bits per heavy atom. The lowest BCUT2D eigenvalue weighted by molar-refractivity contribution is 0.00534. The van der Waals surface area contributed by atoms with Crippen LogP contribution in [0.2, 0.25) is 0 Å².